The molecule has 0 spiro atoms. The molecule has 1 saturated carbocycles. The van der Waals surface area contributed by atoms with E-state index in [2.05, 4.69) is 31.0 Å². The van der Waals surface area contributed by atoms with Crippen LogP contribution in [0, 0.1) is 5.92 Å². The van der Waals surface area contributed by atoms with Gasteiger partial charge < -0.3 is 11.1 Å². The fourth-order valence-corrected chi connectivity index (χ4v) is 1.78. The summed E-state index contributed by atoms with van der Waals surface area (Å²) >= 11 is 0. The van der Waals surface area contributed by atoms with Crippen molar-refractivity contribution in [2.45, 2.75) is 52.1 Å². The number of carbonyl (C=O) groups is 1. The third-order valence-electron chi connectivity index (χ3n) is 3.45. The number of nitrogens with one attached hydrogen (secondary N) is 1. The van der Waals surface area contributed by atoms with Gasteiger partial charge in [0.15, 0.2) is 0 Å². The van der Waals surface area contributed by atoms with Crippen LogP contribution in [-0.2, 0) is 4.79 Å². The molecule has 1 aliphatic carbocycles. The summed E-state index contributed by atoms with van der Waals surface area (Å²) in [7, 11) is 0. The molecule has 17 heavy (non-hydrogen) atoms. The van der Waals surface area contributed by atoms with Gasteiger partial charge in [-0.2, -0.15) is 0 Å². The Morgan fingerprint density at radius 2 is 2.06 bits per heavy atom. The van der Waals surface area contributed by atoms with E-state index in [0.29, 0.717) is 25.0 Å². The highest BCUT2D eigenvalue weighted by atomic mass is 16.2. The van der Waals surface area contributed by atoms with Crippen LogP contribution in [-0.4, -0.2) is 42.5 Å². The largest absolute Gasteiger partial charge is 0.352 e. The summed E-state index contributed by atoms with van der Waals surface area (Å²) in [6.45, 7) is 8.49. The van der Waals surface area contributed by atoms with Crippen LogP contribution >= 0.6 is 0 Å². The van der Waals surface area contributed by atoms with Gasteiger partial charge in [0.25, 0.3) is 0 Å². The van der Waals surface area contributed by atoms with Gasteiger partial charge in [-0.3, -0.25) is 9.69 Å². The lowest BCUT2D eigenvalue weighted by molar-refractivity contribution is -0.123. The summed E-state index contributed by atoms with van der Waals surface area (Å²) in [6.07, 6.45) is 3.44. The van der Waals surface area contributed by atoms with Crippen LogP contribution in [0.4, 0.5) is 0 Å². The van der Waals surface area contributed by atoms with Gasteiger partial charge in [-0.15, -0.1) is 0 Å². The predicted octanol–water partition coefficient (Wildman–Crippen LogP) is 0.960. The SMILES string of the molecule is CC(C)C(C)NC(=O)CN(CCCN)C1CC1. The monoisotopic (exact) mass is 241 g/mol. The lowest BCUT2D eigenvalue weighted by Gasteiger charge is -2.23. The molecule has 1 fully saturated rings. The topological polar surface area (TPSA) is 58.4 Å². The molecule has 0 aromatic carbocycles. The molecule has 3 N–H and O–H groups in total. The molecule has 1 amide bonds. The highest BCUT2D eigenvalue weighted by molar-refractivity contribution is 5.78. The molecule has 0 aliphatic heterocycles. The Morgan fingerprint density at radius 3 is 2.53 bits per heavy atom. The second-order valence-electron chi connectivity index (χ2n) is 5.44. The first kappa shape index (κ1) is 14.5. The Kier molecular flexibility index (Phi) is 5.92. The Balaban J connectivity index is 2.30. The zero-order chi connectivity index (χ0) is 12.8. The van der Waals surface area contributed by atoms with Crippen LogP contribution < -0.4 is 11.1 Å². The fraction of sp³-hybridized carbons (Fsp3) is 0.923. The van der Waals surface area contributed by atoms with E-state index >= 15 is 0 Å². The minimum absolute atomic E-state index is 0.148. The summed E-state index contributed by atoms with van der Waals surface area (Å²) in [4.78, 5) is 14.2. The molecule has 0 heterocycles. The van der Waals surface area contributed by atoms with E-state index in [1.54, 1.807) is 0 Å². The van der Waals surface area contributed by atoms with Crippen molar-refractivity contribution < 1.29 is 4.79 Å². The van der Waals surface area contributed by atoms with Crippen LogP contribution in [0.3, 0.4) is 0 Å². The smallest absolute Gasteiger partial charge is 0.234 e. The van der Waals surface area contributed by atoms with Crippen molar-refractivity contribution in [1.29, 1.82) is 0 Å². The molecule has 1 rings (SSSR count). The Labute approximate surface area is 105 Å². The third kappa shape index (κ3) is 5.50. The molecule has 1 aliphatic rings. The summed E-state index contributed by atoms with van der Waals surface area (Å²) in [6, 6.07) is 0.875. The molecule has 0 radical (unpaired) electrons. The Hall–Kier alpha value is -0.610. The summed E-state index contributed by atoms with van der Waals surface area (Å²) in [5.41, 5.74) is 5.52. The number of nitrogens with two attached hydrogens (primary N) is 1. The molecule has 0 aromatic heterocycles. The highest BCUT2D eigenvalue weighted by Gasteiger charge is 2.29. The summed E-state index contributed by atoms with van der Waals surface area (Å²) in [5, 5.41) is 3.06. The second-order valence-corrected chi connectivity index (χ2v) is 5.44. The number of hydrogen-bond donors (Lipinski definition) is 2. The molecular formula is C13H27N3O. The minimum atomic E-state index is 0.148. The van der Waals surface area contributed by atoms with Crippen LogP contribution in [0.2, 0.25) is 0 Å². The van der Waals surface area contributed by atoms with Crippen LogP contribution in [0.15, 0.2) is 0 Å². The van der Waals surface area contributed by atoms with Crippen molar-refractivity contribution in [2.24, 2.45) is 11.7 Å². The van der Waals surface area contributed by atoms with E-state index in [-0.39, 0.29) is 11.9 Å². The van der Waals surface area contributed by atoms with Gasteiger partial charge >= 0.3 is 0 Å². The predicted molar refractivity (Wildman–Crippen MR) is 70.7 cm³/mol. The summed E-state index contributed by atoms with van der Waals surface area (Å²) < 4.78 is 0. The van der Waals surface area contributed by atoms with Gasteiger partial charge in [-0.05, 0) is 38.6 Å². The van der Waals surface area contributed by atoms with E-state index in [1.165, 1.54) is 12.8 Å². The molecule has 4 nitrogen and oxygen atoms in total. The summed E-state index contributed by atoms with van der Waals surface area (Å²) in [5.74, 6) is 0.632. The van der Waals surface area contributed by atoms with E-state index < -0.39 is 0 Å². The van der Waals surface area contributed by atoms with Gasteiger partial charge in [-0.1, -0.05) is 13.8 Å². The number of hydrogen-bond acceptors (Lipinski definition) is 3. The standard InChI is InChI=1S/C13H27N3O/c1-10(2)11(3)15-13(17)9-16(8-4-7-14)12-5-6-12/h10-12H,4-9,14H2,1-3H3,(H,15,17). The molecule has 1 atom stereocenters. The number of nitrogens with zero attached hydrogens (tertiary/aromatic N) is 1. The van der Waals surface area contributed by atoms with E-state index in [0.717, 1.165) is 13.0 Å². The van der Waals surface area contributed by atoms with E-state index in [1.807, 2.05) is 0 Å². The Bertz CT molecular complexity index is 239. The lowest BCUT2D eigenvalue weighted by atomic mass is 10.1. The maximum Gasteiger partial charge on any atom is 0.234 e. The first-order chi connectivity index (χ1) is 8.04. The zero-order valence-corrected chi connectivity index (χ0v) is 11.4. The van der Waals surface area contributed by atoms with Crippen molar-refractivity contribution in [3.63, 3.8) is 0 Å². The third-order valence-corrected chi connectivity index (χ3v) is 3.45. The first-order valence-corrected chi connectivity index (χ1v) is 6.78. The molecular weight excluding hydrogens is 214 g/mol. The Morgan fingerprint density at radius 1 is 1.41 bits per heavy atom. The van der Waals surface area contributed by atoms with Crippen LogP contribution in [0.5, 0.6) is 0 Å². The van der Waals surface area contributed by atoms with Crippen molar-refractivity contribution in [3.8, 4) is 0 Å². The minimum Gasteiger partial charge on any atom is -0.352 e. The van der Waals surface area contributed by atoms with Gasteiger partial charge in [-0.25, -0.2) is 0 Å². The molecule has 100 valence electrons. The average Bonchev–Trinajstić information content (AvgIpc) is 3.07. The maximum absolute atomic E-state index is 11.9. The zero-order valence-electron chi connectivity index (χ0n) is 11.4. The average molecular weight is 241 g/mol. The molecule has 0 saturated heterocycles. The highest BCUT2D eigenvalue weighted by Crippen LogP contribution is 2.26. The van der Waals surface area contributed by atoms with Gasteiger partial charge in [0.2, 0.25) is 5.91 Å². The van der Waals surface area contributed by atoms with Crippen molar-refractivity contribution in [1.82, 2.24) is 10.2 Å². The number of rotatable bonds is 8. The van der Waals surface area contributed by atoms with Crippen LogP contribution in [0.1, 0.15) is 40.0 Å². The molecule has 4 heteroatoms. The van der Waals surface area contributed by atoms with Crippen molar-refractivity contribution in [3.05, 3.63) is 0 Å². The van der Waals surface area contributed by atoms with Gasteiger partial charge in [0.1, 0.15) is 0 Å². The molecule has 0 bridgehead atoms. The molecule has 1 unspecified atom stereocenters. The quantitative estimate of drug-likeness (QED) is 0.665. The van der Waals surface area contributed by atoms with Crippen molar-refractivity contribution in [2.75, 3.05) is 19.6 Å². The number of amides is 1. The van der Waals surface area contributed by atoms with E-state index in [9.17, 15) is 4.79 Å². The van der Waals surface area contributed by atoms with Gasteiger partial charge in [0.05, 0.1) is 6.54 Å². The molecule has 0 aromatic rings. The van der Waals surface area contributed by atoms with E-state index in [4.69, 9.17) is 5.73 Å². The first-order valence-electron chi connectivity index (χ1n) is 6.78. The van der Waals surface area contributed by atoms with Crippen LogP contribution in [0.25, 0.3) is 0 Å². The normalized spacial score (nSPS) is 17.5. The second kappa shape index (κ2) is 6.97. The lowest BCUT2D eigenvalue weighted by Crippen LogP contribution is -2.44. The number of carbonyl (C=O) groups excluding carboxylic acids is 1. The maximum atomic E-state index is 11.9. The van der Waals surface area contributed by atoms with Gasteiger partial charge in [0, 0.05) is 18.6 Å². The van der Waals surface area contributed by atoms with Crippen molar-refractivity contribution >= 4 is 5.91 Å². The fourth-order valence-electron chi connectivity index (χ4n) is 1.78.